The molecule has 21 heavy (non-hydrogen) atoms. The minimum absolute atomic E-state index is 0.427. The van der Waals surface area contributed by atoms with E-state index in [-0.39, 0.29) is 0 Å². The highest BCUT2D eigenvalue weighted by Crippen LogP contribution is 2.23. The highest BCUT2D eigenvalue weighted by molar-refractivity contribution is 5.86. The molecule has 3 rings (SSSR count). The summed E-state index contributed by atoms with van der Waals surface area (Å²) < 4.78 is 0. The normalized spacial score (nSPS) is 22.9. The van der Waals surface area contributed by atoms with Gasteiger partial charge in [-0.3, -0.25) is 0 Å². The Hall–Kier alpha value is -2.12. The number of piperidine rings is 1. The molecule has 108 valence electrons. The zero-order valence-corrected chi connectivity index (χ0v) is 12.5. The summed E-state index contributed by atoms with van der Waals surface area (Å²) in [5.41, 5.74) is 1.56. The van der Waals surface area contributed by atoms with Gasteiger partial charge in [0.25, 0.3) is 0 Å². The van der Waals surface area contributed by atoms with Gasteiger partial charge in [0.2, 0.25) is 0 Å². The fraction of sp³-hybridized carbons (Fsp3) is 0.412. The van der Waals surface area contributed by atoms with Crippen LogP contribution in [0, 0.1) is 11.3 Å². The number of anilines is 1. The van der Waals surface area contributed by atoms with E-state index in [1.807, 2.05) is 30.3 Å². The van der Waals surface area contributed by atoms with Crippen molar-refractivity contribution in [2.45, 2.75) is 31.8 Å². The number of likely N-dealkylation sites (tertiary alicyclic amines) is 1. The molecule has 2 atom stereocenters. The molecule has 1 aromatic heterocycles. The lowest BCUT2D eigenvalue weighted by atomic mass is 9.99. The molecule has 1 fully saturated rings. The molecule has 0 saturated carbocycles. The van der Waals surface area contributed by atoms with E-state index in [0.717, 1.165) is 36.1 Å². The summed E-state index contributed by atoms with van der Waals surface area (Å²) in [5.74, 6) is 0.812. The predicted octanol–water partition coefficient (Wildman–Crippen LogP) is 3.00. The van der Waals surface area contributed by atoms with Crippen molar-refractivity contribution in [3.05, 3.63) is 35.9 Å². The maximum atomic E-state index is 9.33. The Labute approximate surface area is 125 Å². The largest absolute Gasteiger partial charge is 0.367 e. The summed E-state index contributed by atoms with van der Waals surface area (Å²) in [6.07, 6.45) is 2.21. The van der Waals surface area contributed by atoms with E-state index in [9.17, 15) is 5.26 Å². The van der Waals surface area contributed by atoms with Gasteiger partial charge in [-0.2, -0.15) is 5.26 Å². The Morgan fingerprint density at radius 2 is 2.19 bits per heavy atom. The second-order valence-corrected chi connectivity index (χ2v) is 5.88. The van der Waals surface area contributed by atoms with Gasteiger partial charge in [-0.1, -0.05) is 18.2 Å². The topological polar surface area (TPSA) is 52.0 Å². The maximum absolute atomic E-state index is 9.33. The van der Waals surface area contributed by atoms with Gasteiger partial charge in [0.15, 0.2) is 0 Å². The first-order valence-corrected chi connectivity index (χ1v) is 7.44. The van der Waals surface area contributed by atoms with E-state index in [4.69, 9.17) is 0 Å². The second kappa shape index (κ2) is 5.71. The lowest BCUT2D eigenvalue weighted by Crippen LogP contribution is -2.42. The van der Waals surface area contributed by atoms with E-state index in [0.29, 0.717) is 17.6 Å². The molecule has 2 aromatic rings. The smallest absolute Gasteiger partial charge is 0.128 e. The molecule has 1 N–H and O–H groups in total. The summed E-state index contributed by atoms with van der Waals surface area (Å²) in [4.78, 5) is 7.03. The number of nitrogens with zero attached hydrogens (tertiary/aromatic N) is 3. The van der Waals surface area contributed by atoms with Crippen molar-refractivity contribution in [1.29, 1.82) is 5.26 Å². The monoisotopic (exact) mass is 280 g/mol. The van der Waals surface area contributed by atoms with Gasteiger partial charge in [0.1, 0.15) is 5.82 Å². The molecule has 0 radical (unpaired) electrons. The molecule has 0 amide bonds. The molecule has 1 saturated heterocycles. The summed E-state index contributed by atoms with van der Waals surface area (Å²) in [6.45, 7) is 3.35. The van der Waals surface area contributed by atoms with Crippen LogP contribution in [0.4, 0.5) is 5.82 Å². The summed E-state index contributed by atoms with van der Waals surface area (Å²) >= 11 is 0. The fourth-order valence-corrected chi connectivity index (χ4v) is 2.97. The molecule has 4 heteroatoms. The number of aromatic nitrogens is 1. The Kier molecular flexibility index (Phi) is 3.76. The lowest BCUT2D eigenvalue weighted by molar-refractivity contribution is 0.190. The minimum atomic E-state index is 0.427. The third-order valence-electron chi connectivity index (χ3n) is 4.40. The van der Waals surface area contributed by atoms with Crippen molar-refractivity contribution in [3.63, 3.8) is 0 Å². The SMILES string of the molecule is CC1CC(Nc2cc(C#N)c3ccccc3n2)CCN1C. The number of nitriles is 1. The van der Waals surface area contributed by atoms with Crippen LogP contribution in [-0.4, -0.2) is 35.6 Å². The fourth-order valence-electron chi connectivity index (χ4n) is 2.97. The van der Waals surface area contributed by atoms with Crippen LogP contribution in [0.1, 0.15) is 25.3 Å². The van der Waals surface area contributed by atoms with Gasteiger partial charge in [-0.15, -0.1) is 0 Å². The molecule has 1 aliphatic heterocycles. The van der Waals surface area contributed by atoms with E-state index in [1.165, 1.54) is 0 Å². The van der Waals surface area contributed by atoms with Crippen LogP contribution in [0.25, 0.3) is 10.9 Å². The Bertz CT molecular complexity index is 689. The molecule has 0 aliphatic carbocycles. The lowest BCUT2D eigenvalue weighted by Gasteiger charge is -2.35. The number of benzene rings is 1. The molecule has 1 aromatic carbocycles. The third-order valence-corrected chi connectivity index (χ3v) is 4.40. The van der Waals surface area contributed by atoms with Crippen LogP contribution in [0.5, 0.6) is 0 Å². The van der Waals surface area contributed by atoms with Crippen molar-refractivity contribution in [2.75, 3.05) is 18.9 Å². The van der Waals surface area contributed by atoms with E-state index >= 15 is 0 Å². The van der Waals surface area contributed by atoms with Crippen LogP contribution < -0.4 is 5.32 Å². The molecule has 1 aliphatic rings. The predicted molar refractivity (Wildman–Crippen MR) is 85.2 cm³/mol. The number of para-hydroxylation sites is 1. The quantitative estimate of drug-likeness (QED) is 0.918. The van der Waals surface area contributed by atoms with Crippen LogP contribution in [0.15, 0.2) is 30.3 Å². The molecule has 0 bridgehead atoms. The average molecular weight is 280 g/mol. The molecule has 2 heterocycles. The van der Waals surface area contributed by atoms with Crippen LogP contribution in [0.3, 0.4) is 0 Å². The van der Waals surface area contributed by atoms with E-state index in [2.05, 4.69) is 35.2 Å². The Balaban J connectivity index is 1.86. The molecular formula is C17H20N4. The number of hydrogen-bond acceptors (Lipinski definition) is 4. The highest BCUT2D eigenvalue weighted by atomic mass is 15.2. The summed E-state index contributed by atoms with van der Waals surface area (Å²) in [7, 11) is 2.17. The summed E-state index contributed by atoms with van der Waals surface area (Å²) in [5, 5.41) is 13.8. The number of hydrogen-bond donors (Lipinski definition) is 1. The van der Waals surface area contributed by atoms with Crippen LogP contribution in [0.2, 0.25) is 0 Å². The van der Waals surface area contributed by atoms with Gasteiger partial charge in [0, 0.05) is 24.0 Å². The molecule has 0 spiro atoms. The average Bonchev–Trinajstić information content (AvgIpc) is 2.50. The zero-order chi connectivity index (χ0) is 14.8. The first-order chi connectivity index (χ1) is 10.2. The van der Waals surface area contributed by atoms with Crippen molar-refractivity contribution in [3.8, 4) is 6.07 Å². The Morgan fingerprint density at radius 3 is 2.95 bits per heavy atom. The first kappa shape index (κ1) is 13.8. The third kappa shape index (κ3) is 2.84. The highest BCUT2D eigenvalue weighted by Gasteiger charge is 2.23. The van der Waals surface area contributed by atoms with Gasteiger partial charge in [-0.05, 0) is 38.9 Å². The van der Waals surface area contributed by atoms with E-state index in [1.54, 1.807) is 0 Å². The molecule has 2 unspecified atom stereocenters. The number of fused-ring (bicyclic) bond motifs is 1. The standard InChI is InChI=1S/C17H20N4/c1-12-9-14(7-8-21(12)2)19-17-10-13(11-18)15-5-3-4-6-16(15)20-17/h3-6,10,12,14H,7-9H2,1-2H3,(H,19,20). The van der Waals surface area contributed by atoms with E-state index < -0.39 is 0 Å². The molecular weight excluding hydrogens is 260 g/mol. The van der Waals surface area contributed by atoms with Gasteiger partial charge in [-0.25, -0.2) is 4.98 Å². The first-order valence-electron chi connectivity index (χ1n) is 7.44. The minimum Gasteiger partial charge on any atom is -0.367 e. The van der Waals surface area contributed by atoms with Crippen LogP contribution in [-0.2, 0) is 0 Å². The zero-order valence-electron chi connectivity index (χ0n) is 12.5. The summed E-state index contributed by atoms with van der Waals surface area (Å²) in [6, 6.07) is 12.9. The number of pyridine rings is 1. The number of nitrogens with one attached hydrogen (secondary N) is 1. The van der Waals surface area contributed by atoms with Crippen LogP contribution >= 0.6 is 0 Å². The Morgan fingerprint density at radius 1 is 1.38 bits per heavy atom. The van der Waals surface area contributed by atoms with Crippen molar-refractivity contribution >= 4 is 16.7 Å². The molecule has 4 nitrogen and oxygen atoms in total. The second-order valence-electron chi connectivity index (χ2n) is 5.88. The van der Waals surface area contributed by atoms with Gasteiger partial charge in [0.05, 0.1) is 17.1 Å². The maximum Gasteiger partial charge on any atom is 0.128 e. The van der Waals surface area contributed by atoms with Gasteiger partial charge >= 0.3 is 0 Å². The van der Waals surface area contributed by atoms with Crippen molar-refractivity contribution in [2.24, 2.45) is 0 Å². The van der Waals surface area contributed by atoms with Crippen molar-refractivity contribution in [1.82, 2.24) is 9.88 Å². The van der Waals surface area contributed by atoms with Gasteiger partial charge < -0.3 is 10.2 Å². The van der Waals surface area contributed by atoms with Crippen molar-refractivity contribution < 1.29 is 0 Å². The number of rotatable bonds is 2.